The molecule has 0 aliphatic heterocycles. The van der Waals surface area contributed by atoms with Gasteiger partial charge in [-0.15, -0.1) is 0 Å². The third-order valence-electron chi connectivity index (χ3n) is 2.61. The molecule has 4 N–H and O–H groups in total. The number of urea groups is 1. The van der Waals surface area contributed by atoms with Gasteiger partial charge in [-0.1, -0.05) is 11.6 Å². The Kier molecular flexibility index (Phi) is 4.32. The van der Waals surface area contributed by atoms with Gasteiger partial charge >= 0.3 is 6.03 Å². The maximum atomic E-state index is 11.8. The van der Waals surface area contributed by atoms with Crippen LogP contribution in [0.15, 0.2) is 42.5 Å². The lowest BCUT2D eigenvalue weighted by atomic mass is 10.2. The summed E-state index contributed by atoms with van der Waals surface area (Å²) >= 11 is 5.77. The lowest BCUT2D eigenvalue weighted by Crippen LogP contribution is -2.20. The van der Waals surface area contributed by atoms with Crippen LogP contribution < -0.4 is 21.1 Å². The van der Waals surface area contributed by atoms with Gasteiger partial charge in [-0.05, 0) is 36.4 Å². The maximum Gasteiger partial charge on any atom is 0.323 e. The molecular weight excluding hydrogens is 278 g/mol. The van der Waals surface area contributed by atoms with E-state index in [4.69, 9.17) is 22.1 Å². The summed E-state index contributed by atoms with van der Waals surface area (Å²) in [5, 5.41) is 5.95. The Morgan fingerprint density at radius 2 is 1.85 bits per heavy atom. The Balaban J connectivity index is 2.02. The van der Waals surface area contributed by atoms with Gasteiger partial charge in [0.2, 0.25) is 0 Å². The number of rotatable bonds is 3. The molecule has 0 heterocycles. The molecule has 2 aromatic carbocycles. The summed E-state index contributed by atoms with van der Waals surface area (Å²) < 4.78 is 5.04. The Bertz CT molecular complexity index is 614. The predicted octanol–water partition coefficient (Wildman–Crippen LogP) is 3.57. The highest BCUT2D eigenvalue weighted by Gasteiger charge is 2.06. The van der Waals surface area contributed by atoms with Crippen LogP contribution in [0.2, 0.25) is 5.02 Å². The fourth-order valence-electron chi connectivity index (χ4n) is 1.60. The lowest BCUT2D eigenvalue weighted by Gasteiger charge is -2.10. The number of carbonyl (C=O) groups excluding carboxylic acids is 1. The van der Waals surface area contributed by atoms with Crippen LogP contribution in [0.5, 0.6) is 5.75 Å². The molecule has 2 aromatic rings. The van der Waals surface area contributed by atoms with Crippen molar-refractivity contribution in [3.63, 3.8) is 0 Å². The Labute approximate surface area is 121 Å². The molecule has 0 bridgehead atoms. The molecule has 5 nitrogen and oxygen atoms in total. The molecule has 6 heteroatoms. The number of methoxy groups -OCH3 is 1. The summed E-state index contributed by atoms with van der Waals surface area (Å²) in [5.74, 6) is 0.631. The van der Waals surface area contributed by atoms with E-state index < -0.39 is 0 Å². The second-order valence-electron chi connectivity index (χ2n) is 4.04. The zero-order chi connectivity index (χ0) is 14.5. The molecule has 0 aliphatic rings. The summed E-state index contributed by atoms with van der Waals surface area (Å²) in [6.45, 7) is 0. The van der Waals surface area contributed by atoms with Crippen LogP contribution in [-0.4, -0.2) is 13.1 Å². The Hall–Kier alpha value is -2.40. The maximum absolute atomic E-state index is 11.8. The van der Waals surface area contributed by atoms with Crippen molar-refractivity contribution in [3.05, 3.63) is 47.5 Å². The van der Waals surface area contributed by atoms with Crippen molar-refractivity contribution in [2.75, 3.05) is 23.5 Å². The van der Waals surface area contributed by atoms with Crippen molar-refractivity contribution >= 4 is 34.7 Å². The molecule has 0 saturated carbocycles. The number of nitrogens with one attached hydrogen (secondary N) is 2. The fourth-order valence-corrected chi connectivity index (χ4v) is 1.73. The number of ether oxygens (including phenoxy) is 1. The molecule has 0 atom stereocenters. The average Bonchev–Trinajstić information content (AvgIpc) is 2.43. The normalized spacial score (nSPS) is 9.90. The largest absolute Gasteiger partial charge is 0.497 e. The van der Waals surface area contributed by atoms with Gasteiger partial charge in [-0.3, -0.25) is 0 Å². The topological polar surface area (TPSA) is 76.4 Å². The number of anilines is 3. The van der Waals surface area contributed by atoms with Crippen molar-refractivity contribution in [3.8, 4) is 5.75 Å². The van der Waals surface area contributed by atoms with E-state index in [1.807, 2.05) is 0 Å². The fraction of sp³-hybridized carbons (Fsp3) is 0.0714. The summed E-state index contributed by atoms with van der Waals surface area (Å²) in [4.78, 5) is 11.8. The highest BCUT2D eigenvalue weighted by atomic mass is 35.5. The second kappa shape index (κ2) is 6.16. The Morgan fingerprint density at radius 1 is 1.15 bits per heavy atom. The highest BCUT2D eigenvalue weighted by molar-refractivity contribution is 6.30. The third-order valence-corrected chi connectivity index (χ3v) is 2.86. The van der Waals surface area contributed by atoms with Crippen LogP contribution in [0.3, 0.4) is 0 Å². The number of nitrogen functional groups attached to an aromatic ring is 1. The molecular formula is C14H14ClN3O2. The number of hydrogen-bond acceptors (Lipinski definition) is 3. The van der Waals surface area contributed by atoms with Crippen molar-refractivity contribution in [2.45, 2.75) is 0 Å². The minimum atomic E-state index is -0.385. The molecule has 0 aliphatic carbocycles. The second-order valence-corrected chi connectivity index (χ2v) is 4.48. The minimum Gasteiger partial charge on any atom is -0.497 e. The van der Waals surface area contributed by atoms with Gasteiger partial charge in [0.25, 0.3) is 0 Å². The van der Waals surface area contributed by atoms with Crippen LogP contribution in [-0.2, 0) is 0 Å². The van der Waals surface area contributed by atoms with E-state index in [9.17, 15) is 4.79 Å². The molecule has 2 rings (SSSR count). The number of carbonyl (C=O) groups is 1. The molecule has 104 valence electrons. The van der Waals surface area contributed by atoms with E-state index in [-0.39, 0.29) is 6.03 Å². The van der Waals surface area contributed by atoms with Gasteiger partial charge in [0.1, 0.15) is 5.75 Å². The standard InChI is InChI=1S/C14H14ClN3O2/c1-20-11-6-7-13(12(16)8-11)18-14(19)17-10-4-2-9(15)3-5-10/h2-8H,16H2,1H3,(H2,17,18,19). The van der Waals surface area contributed by atoms with Gasteiger partial charge in [-0.25, -0.2) is 4.79 Å². The zero-order valence-electron chi connectivity index (χ0n) is 10.8. The molecule has 20 heavy (non-hydrogen) atoms. The quantitative estimate of drug-likeness (QED) is 0.757. The van der Waals surface area contributed by atoms with Crippen LogP contribution in [0.1, 0.15) is 0 Å². The van der Waals surface area contributed by atoms with E-state index in [0.29, 0.717) is 27.8 Å². The third kappa shape index (κ3) is 3.55. The number of nitrogens with two attached hydrogens (primary N) is 1. The van der Waals surface area contributed by atoms with E-state index >= 15 is 0 Å². The molecule has 0 saturated heterocycles. The van der Waals surface area contributed by atoms with Crippen molar-refractivity contribution in [2.24, 2.45) is 0 Å². The van der Waals surface area contributed by atoms with Gasteiger partial charge in [0, 0.05) is 16.8 Å². The SMILES string of the molecule is COc1ccc(NC(=O)Nc2ccc(Cl)cc2)c(N)c1. The monoisotopic (exact) mass is 291 g/mol. The molecule has 0 spiro atoms. The molecule has 0 fully saturated rings. The predicted molar refractivity (Wildman–Crippen MR) is 81.5 cm³/mol. The van der Waals surface area contributed by atoms with Crippen LogP contribution in [0.25, 0.3) is 0 Å². The lowest BCUT2D eigenvalue weighted by molar-refractivity contribution is 0.262. The first-order valence-corrected chi connectivity index (χ1v) is 6.23. The summed E-state index contributed by atoms with van der Waals surface area (Å²) in [6.07, 6.45) is 0. The molecule has 0 aromatic heterocycles. The van der Waals surface area contributed by atoms with E-state index in [1.165, 1.54) is 0 Å². The van der Waals surface area contributed by atoms with Crippen LogP contribution in [0, 0.1) is 0 Å². The average molecular weight is 292 g/mol. The van der Waals surface area contributed by atoms with Crippen molar-refractivity contribution in [1.29, 1.82) is 0 Å². The highest BCUT2D eigenvalue weighted by Crippen LogP contribution is 2.24. The van der Waals surface area contributed by atoms with E-state index in [1.54, 1.807) is 49.6 Å². The number of amides is 2. The van der Waals surface area contributed by atoms with E-state index in [0.717, 1.165) is 0 Å². The first-order valence-electron chi connectivity index (χ1n) is 5.85. The van der Waals surface area contributed by atoms with Crippen LogP contribution in [0.4, 0.5) is 21.9 Å². The van der Waals surface area contributed by atoms with Gasteiger partial charge in [0.15, 0.2) is 0 Å². The number of benzene rings is 2. The summed E-state index contributed by atoms with van der Waals surface area (Å²) in [5.41, 5.74) is 7.39. The Morgan fingerprint density at radius 3 is 2.45 bits per heavy atom. The molecule has 2 amide bonds. The van der Waals surface area contributed by atoms with Crippen molar-refractivity contribution in [1.82, 2.24) is 0 Å². The zero-order valence-corrected chi connectivity index (χ0v) is 11.6. The number of hydrogen-bond donors (Lipinski definition) is 3. The van der Waals surface area contributed by atoms with Crippen molar-refractivity contribution < 1.29 is 9.53 Å². The first-order chi connectivity index (χ1) is 9.58. The molecule has 0 radical (unpaired) electrons. The smallest absolute Gasteiger partial charge is 0.323 e. The van der Waals surface area contributed by atoms with Gasteiger partial charge < -0.3 is 21.1 Å². The van der Waals surface area contributed by atoms with Gasteiger partial charge in [-0.2, -0.15) is 0 Å². The summed E-state index contributed by atoms with van der Waals surface area (Å²) in [7, 11) is 1.55. The number of halogens is 1. The first kappa shape index (κ1) is 14.0. The molecule has 0 unspecified atom stereocenters. The minimum absolute atomic E-state index is 0.385. The van der Waals surface area contributed by atoms with Crippen LogP contribution >= 0.6 is 11.6 Å². The van der Waals surface area contributed by atoms with E-state index in [2.05, 4.69) is 10.6 Å². The summed E-state index contributed by atoms with van der Waals surface area (Å²) in [6, 6.07) is 11.4. The van der Waals surface area contributed by atoms with Gasteiger partial charge in [0.05, 0.1) is 18.5 Å².